The lowest BCUT2D eigenvalue weighted by molar-refractivity contribution is 0.0963. The Morgan fingerprint density at radius 1 is 1.30 bits per heavy atom. The topological polar surface area (TPSA) is 89.3 Å². The fourth-order valence-corrected chi connectivity index (χ4v) is 4.36. The van der Waals surface area contributed by atoms with Gasteiger partial charge in [0.25, 0.3) is 5.91 Å². The van der Waals surface area contributed by atoms with Gasteiger partial charge >= 0.3 is 0 Å². The van der Waals surface area contributed by atoms with Crippen LogP contribution < -0.4 is 11.1 Å². The van der Waals surface area contributed by atoms with Crippen LogP contribution in [0, 0.1) is 0 Å². The van der Waals surface area contributed by atoms with Gasteiger partial charge in [-0.1, -0.05) is 6.07 Å². The fraction of sp³-hybridized carbons (Fsp3) is 0.154. The SMILES string of the molecule is CNC(=O)c1cccc(S(=O)(=O)c2ccc(CN)s2)c1. The molecule has 1 aromatic carbocycles. The maximum absolute atomic E-state index is 12.5. The Kier molecular flexibility index (Phi) is 4.22. The molecule has 106 valence electrons. The van der Waals surface area contributed by atoms with E-state index in [9.17, 15) is 13.2 Å². The van der Waals surface area contributed by atoms with E-state index in [-0.39, 0.29) is 15.0 Å². The molecule has 7 heteroatoms. The molecule has 0 unspecified atom stereocenters. The van der Waals surface area contributed by atoms with E-state index in [1.807, 2.05) is 0 Å². The summed E-state index contributed by atoms with van der Waals surface area (Å²) in [7, 11) is -2.11. The summed E-state index contributed by atoms with van der Waals surface area (Å²) in [5, 5.41) is 2.47. The van der Waals surface area contributed by atoms with Gasteiger partial charge in [-0.25, -0.2) is 8.42 Å². The van der Waals surface area contributed by atoms with Crippen LogP contribution in [0.15, 0.2) is 45.5 Å². The molecule has 0 fully saturated rings. The lowest BCUT2D eigenvalue weighted by Gasteiger charge is -2.04. The van der Waals surface area contributed by atoms with E-state index in [0.29, 0.717) is 12.1 Å². The molecule has 0 saturated carbocycles. The molecule has 1 aromatic heterocycles. The van der Waals surface area contributed by atoms with Crippen molar-refractivity contribution < 1.29 is 13.2 Å². The summed E-state index contributed by atoms with van der Waals surface area (Å²) >= 11 is 1.14. The molecule has 2 aromatic rings. The van der Waals surface area contributed by atoms with Gasteiger partial charge in [-0.3, -0.25) is 4.79 Å². The first-order chi connectivity index (χ1) is 9.48. The second kappa shape index (κ2) is 5.74. The predicted molar refractivity (Wildman–Crippen MR) is 77.5 cm³/mol. The lowest BCUT2D eigenvalue weighted by atomic mass is 10.2. The molecule has 0 atom stereocenters. The molecule has 5 nitrogen and oxygen atoms in total. The van der Waals surface area contributed by atoms with Crippen LogP contribution in [0.25, 0.3) is 0 Å². The summed E-state index contributed by atoms with van der Waals surface area (Å²) in [6.07, 6.45) is 0. The van der Waals surface area contributed by atoms with Crippen molar-refractivity contribution in [2.24, 2.45) is 5.73 Å². The van der Waals surface area contributed by atoms with Crippen molar-refractivity contribution in [1.82, 2.24) is 5.32 Å². The Hall–Kier alpha value is -1.70. The number of rotatable bonds is 4. The predicted octanol–water partition coefficient (Wildman–Crippen LogP) is 1.40. The van der Waals surface area contributed by atoms with Crippen molar-refractivity contribution in [2.45, 2.75) is 15.6 Å². The molecule has 0 radical (unpaired) electrons. The van der Waals surface area contributed by atoms with Crippen LogP contribution in [0.4, 0.5) is 0 Å². The third-order valence-electron chi connectivity index (χ3n) is 2.74. The molecule has 0 bridgehead atoms. The first-order valence-electron chi connectivity index (χ1n) is 5.85. The minimum Gasteiger partial charge on any atom is -0.355 e. The zero-order valence-corrected chi connectivity index (χ0v) is 12.4. The first kappa shape index (κ1) is 14.7. The zero-order valence-electron chi connectivity index (χ0n) is 10.8. The quantitative estimate of drug-likeness (QED) is 0.893. The summed E-state index contributed by atoms with van der Waals surface area (Å²) in [4.78, 5) is 12.5. The average Bonchev–Trinajstić information content (AvgIpc) is 2.96. The standard InChI is InChI=1S/C13H14N2O3S2/c1-15-13(16)9-3-2-4-11(7-9)20(17,18)12-6-5-10(8-14)19-12/h2-7H,8,14H2,1H3,(H,15,16). The highest BCUT2D eigenvalue weighted by Gasteiger charge is 2.20. The smallest absolute Gasteiger partial charge is 0.251 e. The molecular weight excluding hydrogens is 296 g/mol. The number of sulfone groups is 1. The Morgan fingerprint density at radius 2 is 2.05 bits per heavy atom. The lowest BCUT2D eigenvalue weighted by Crippen LogP contribution is -2.18. The number of nitrogens with two attached hydrogens (primary N) is 1. The molecule has 0 aliphatic heterocycles. The minimum atomic E-state index is -3.61. The number of amides is 1. The van der Waals surface area contributed by atoms with Gasteiger partial charge in [0.2, 0.25) is 9.84 Å². The number of carbonyl (C=O) groups is 1. The summed E-state index contributed by atoms with van der Waals surface area (Å²) in [5.74, 6) is -0.323. The molecule has 0 aliphatic carbocycles. The van der Waals surface area contributed by atoms with E-state index in [2.05, 4.69) is 5.32 Å². The molecule has 0 aliphatic rings. The van der Waals surface area contributed by atoms with Crippen molar-refractivity contribution in [2.75, 3.05) is 7.05 Å². The number of nitrogens with one attached hydrogen (secondary N) is 1. The van der Waals surface area contributed by atoms with Gasteiger partial charge in [0, 0.05) is 24.0 Å². The Morgan fingerprint density at radius 3 is 2.65 bits per heavy atom. The average molecular weight is 310 g/mol. The number of hydrogen-bond acceptors (Lipinski definition) is 5. The highest BCUT2D eigenvalue weighted by Crippen LogP contribution is 2.28. The number of carbonyl (C=O) groups excluding carboxylic acids is 1. The van der Waals surface area contributed by atoms with Crippen molar-refractivity contribution in [3.8, 4) is 0 Å². The van der Waals surface area contributed by atoms with E-state index < -0.39 is 9.84 Å². The number of hydrogen-bond donors (Lipinski definition) is 2. The van der Waals surface area contributed by atoms with Gasteiger partial charge < -0.3 is 11.1 Å². The first-order valence-corrected chi connectivity index (χ1v) is 8.15. The van der Waals surface area contributed by atoms with Crippen LogP contribution in [0.3, 0.4) is 0 Å². The van der Waals surface area contributed by atoms with E-state index in [4.69, 9.17) is 5.73 Å². The monoisotopic (exact) mass is 310 g/mol. The van der Waals surface area contributed by atoms with Crippen LogP contribution in [-0.4, -0.2) is 21.4 Å². The van der Waals surface area contributed by atoms with Gasteiger partial charge in [0.05, 0.1) is 4.90 Å². The van der Waals surface area contributed by atoms with E-state index in [1.54, 1.807) is 18.2 Å². The van der Waals surface area contributed by atoms with E-state index in [1.165, 1.54) is 25.2 Å². The molecule has 1 amide bonds. The van der Waals surface area contributed by atoms with E-state index in [0.717, 1.165) is 16.2 Å². The summed E-state index contributed by atoms with van der Waals surface area (Å²) in [5.41, 5.74) is 5.80. The van der Waals surface area contributed by atoms with Gasteiger partial charge in [0.1, 0.15) is 4.21 Å². The Balaban J connectivity index is 2.46. The van der Waals surface area contributed by atoms with Gasteiger partial charge in [0.15, 0.2) is 0 Å². The van der Waals surface area contributed by atoms with Gasteiger partial charge in [-0.05, 0) is 30.3 Å². The van der Waals surface area contributed by atoms with Crippen molar-refractivity contribution in [3.05, 3.63) is 46.8 Å². The second-order valence-corrected chi connectivity index (χ2v) is 7.38. The van der Waals surface area contributed by atoms with Gasteiger partial charge in [-0.2, -0.15) is 0 Å². The maximum Gasteiger partial charge on any atom is 0.251 e. The molecule has 0 saturated heterocycles. The zero-order chi connectivity index (χ0) is 14.8. The summed E-state index contributed by atoms with van der Waals surface area (Å²) in [6.45, 7) is 0.304. The highest BCUT2D eigenvalue weighted by molar-refractivity contribution is 7.93. The fourth-order valence-electron chi connectivity index (χ4n) is 1.68. The molecule has 2 rings (SSSR count). The normalized spacial score (nSPS) is 11.3. The third kappa shape index (κ3) is 2.74. The Labute approximate surface area is 121 Å². The van der Waals surface area contributed by atoms with Crippen LogP contribution in [0.5, 0.6) is 0 Å². The molecule has 20 heavy (non-hydrogen) atoms. The third-order valence-corrected chi connectivity index (χ3v) is 6.09. The van der Waals surface area contributed by atoms with Crippen molar-refractivity contribution >= 4 is 27.1 Å². The van der Waals surface area contributed by atoms with Crippen molar-refractivity contribution in [1.29, 1.82) is 0 Å². The number of thiophene rings is 1. The maximum atomic E-state index is 12.5. The highest BCUT2D eigenvalue weighted by atomic mass is 32.2. The summed E-state index contributed by atoms with van der Waals surface area (Å²) in [6, 6.07) is 9.20. The second-order valence-electron chi connectivity index (χ2n) is 4.04. The molecule has 1 heterocycles. The van der Waals surface area contributed by atoms with Crippen molar-refractivity contribution in [3.63, 3.8) is 0 Å². The summed E-state index contributed by atoms with van der Waals surface area (Å²) < 4.78 is 25.2. The molecule has 0 spiro atoms. The molecule has 3 N–H and O–H groups in total. The largest absolute Gasteiger partial charge is 0.355 e. The van der Waals surface area contributed by atoms with Crippen LogP contribution in [0.2, 0.25) is 0 Å². The number of benzene rings is 1. The van der Waals surface area contributed by atoms with E-state index >= 15 is 0 Å². The minimum absolute atomic E-state index is 0.101. The molecular formula is C13H14N2O3S2. The van der Waals surface area contributed by atoms with Gasteiger partial charge in [-0.15, -0.1) is 11.3 Å². The van der Waals surface area contributed by atoms with Crippen LogP contribution in [0.1, 0.15) is 15.2 Å². The van der Waals surface area contributed by atoms with Crippen LogP contribution >= 0.6 is 11.3 Å². The Bertz CT molecular complexity index is 736. The van der Waals surface area contributed by atoms with Crippen LogP contribution in [-0.2, 0) is 16.4 Å².